The molecule has 2 heterocycles. The summed E-state index contributed by atoms with van der Waals surface area (Å²) in [5.74, 6) is 0.935. The lowest BCUT2D eigenvalue weighted by atomic mass is 9.97. The number of imidazole rings is 1. The fraction of sp³-hybridized carbons (Fsp3) is 0.786. The van der Waals surface area contributed by atoms with Crippen molar-refractivity contribution in [1.29, 1.82) is 0 Å². The third-order valence-electron chi connectivity index (χ3n) is 3.94. The normalized spacial score (nSPS) is 26.3. The molecule has 114 valence electrons. The monoisotopic (exact) mass is 301 g/mol. The molecular weight excluding hydrogens is 278 g/mol. The SMILES string of the molecule is CCCCc1nc(Cl)c(CNCC2(O)CCOC2C)[nH]1. The molecule has 0 bridgehead atoms. The van der Waals surface area contributed by atoms with Crippen LogP contribution in [0.5, 0.6) is 0 Å². The summed E-state index contributed by atoms with van der Waals surface area (Å²) in [6.07, 6.45) is 3.69. The molecule has 1 aromatic heterocycles. The molecule has 1 fully saturated rings. The number of aromatic amines is 1. The minimum absolute atomic E-state index is 0.132. The van der Waals surface area contributed by atoms with Crippen LogP contribution in [-0.4, -0.2) is 39.9 Å². The molecule has 0 aromatic carbocycles. The van der Waals surface area contributed by atoms with Gasteiger partial charge in [-0.2, -0.15) is 0 Å². The number of ether oxygens (including phenoxy) is 1. The first-order chi connectivity index (χ1) is 9.55. The Balaban J connectivity index is 1.83. The minimum atomic E-state index is -0.780. The van der Waals surface area contributed by atoms with Crippen LogP contribution in [0.25, 0.3) is 0 Å². The molecule has 1 aliphatic rings. The molecule has 2 atom stereocenters. The van der Waals surface area contributed by atoms with E-state index in [0.29, 0.717) is 31.3 Å². The van der Waals surface area contributed by atoms with Crippen LogP contribution in [0.1, 0.15) is 44.6 Å². The van der Waals surface area contributed by atoms with Gasteiger partial charge in [0.25, 0.3) is 0 Å². The molecule has 1 aliphatic heterocycles. The highest BCUT2D eigenvalue weighted by Gasteiger charge is 2.39. The van der Waals surface area contributed by atoms with Crippen LogP contribution in [0.4, 0.5) is 0 Å². The molecule has 3 N–H and O–H groups in total. The Labute approximate surface area is 125 Å². The molecule has 2 rings (SSSR count). The highest BCUT2D eigenvalue weighted by atomic mass is 35.5. The standard InChI is InChI=1S/C14H24ClN3O2/c1-3-4-5-12-17-11(13(15)18-12)8-16-9-14(19)6-7-20-10(14)2/h10,16,19H,3-9H2,1-2H3,(H,17,18). The Bertz CT molecular complexity index is 438. The summed E-state index contributed by atoms with van der Waals surface area (Å²) < 4.78 is 5.41. The van der Waals surface area contributed by atoms with Crippen molar-refractivity contribution in [3.8, 4) is 0 Å². The molecule has 6 heteroatoms. The van der Waals surface area contributed by atoms with E-state index in [-0.39, 0.29) is 6.10 Å². The Kier molecular flexibility index (Phi) is 5.43. The smallest absolute Gasteiger partial charge is 0.151 e. The molecule has 0 saturated carbocycles. The van der Waals surface area contributed by atoms with Crippen molar-refractivity contribution in [3.63, 3.8) is 0 Å². The number of halogens is 1. The molecule has 1 aromatic rings. The third-order valence-corrected chi connectivity index (χ3v) is 4.25. The fourth-order valence-corrected chi connectivity index (χ4v) is 2.64. The Morgan fingerprint density at radius 3 is 3.05 bits per heavy atom. The number of rotatable bonds is 7. The fourth-order valence-electron chi connectivity index (χ4n) is 2.43. The van der Waals surface area contributed by atoms with E-state index >= 15 is 0 Å². The summed E-state index contributed by atoms with van der Waals surface area (Å²) in [6, 6.07) is 0. The Morgan fingerprint density at radius 2 is 2.40 bits per heavy atom. The van der Waals surface area contributed by atoms with Gasteiger partial charge < -0.3 is 20.1 Å². The largest absolute Gasteiger partial charge is 0.386 e. The maximum atomic E-state index is 10.4. The van der Waals surface area contributed by atoms with Crippen molar-refractivity contribution in [2.75, 3.05) is 13.2 Å². The van der Waals surface area contributed by atoms with Gasteiger partial charge in [0.05, 0.1) is 11.8 Å². The predicted octanol–water partition coefficient (Wildman–Crippen LogP) is 2.04. The van der Waals surface area contributed by atoms with Gasteiger partial charge in [0.1, 0.15) is 11.4 Å². The van der Waals surface area contributed by atoms with E-state index in [1.54, 1.807) is 0 Å². The molecular formula is C14H24ClN3O2. The lowest BCUT2D eigenvalue weighted by molar-refractivity contribution is -0.0263. The summed E-state index contributed by atoms with van der Waals surface area (Å²) in [5, 5.41) is 14.1. The van der Waals surface area contributed by atoms with Crippen LogP contribution in [0.15, 0.2) is 0 Å². The van der Waals surface area contributed by atoms with Crippen LogP contribution in [0.3, 0.4) is 0 Å². The third kappa shape index (κ3) is 3.73. The van der Waals surface area contributed by atoms with Crippen molar-refractivity contribution < 1.29 is 9.84 Å². The number of nitrogens with zero attached hydrogens (tertiary/aromatic N) is 1. The maximum absolute atomic E-state index is 10.4. The topological polar surface area (TPSA) is 70.2 Å². The predicted molar refractivity (Wildman–Crippen MR) is 78.9 cm³/mol. The second-order valence-corrected chi connectivity index (χ2v) is 5.88. The summed E-state index contributed by atoms with van der Waals surface area (Å²) in [6.45, 7) is 5.74. The van der Waals surface area contributed by atoms with E-state index in [9.17, 15) is 5.11 Å². The van der Waals surface area contributed by atoms with Gasteiger partial charge in [0, 0.05) is 32.5 Å². The molecule has 0 amide bonds. The van der Waals surface area contributed by atoms with Gasteiger partial charge in [0.2, 0.25) is 0 Å². The van der Waals surface area contributed by atoms with E-state index < -0.39 is 5.60 Å². The zero-order chi connectivity index (χ0) is 14.6. The van der Waals surface area contributed by atoms with Crippen LogP contribution in [0, 0.1) is 0 Å². The van der Waals surface area contributed by atoms with Gasteiger partial charge in [-0.05, 0) is 13.3 Å². The van der Waals surface area contributed by atoms with Crippen LogP contribution < -0.4 is 5.32 Å². The second kappa shape index (κ2) is 6.89. The number of aliphatic hydroxyl groups is 1. The minimum Gasteiger partial charge on any atom is -0.386 e. The van der Waals surface area contributed by atoms with E-state index in [4.69, 9.17) is 16.3 Å². The van der Waals surface area contributed by atoms with E-state index in [0.717, 1.165) is 30.8 Å². The molecule has 0 spiro atoms. The van der Waals surface area contributed by atoms with Gasteiger partial charge in [0.15, 0.2) is 5.15 Å². The molecule has 0 radical (unpaired) electrons. The number of H-pyrrole nitrogens is 1. The Hall–Kier alpha value is -0.620. The van der Waals surface area contributed by atoms with E-state index in [1.165, 1.54) is 0 Å². The second-order valence-electron chi connectivity index (χ2n) is 5.53. The zero-order valence-electron chi connectivity index (χ0n) is 12.2. The maximum Gasteiger partial charge on any atom is 0.151 e. The first kappa shape index (κ1) is 15.8. The number of nitrogens with one attached hydrogen (secondary N) is 2. The van der Waals surface area contributed by atoms with Crippen molar-refractivity contribution in [2.45, 2.75) is 57.8 Å². The molecule has 5 nitrogen and oxygen atoms in total. The molecule has 20 heavy (non-hydrogen) atoms. The zero-order valence-corrected chi connectivity index (χ0v) is 13.0. The van der Waals surface area contributed by atoms with Gasteiger partial charge in [-0.25, -0.2) is 4.98 Å². The van der Waals surface area contributed by atoms with Crippen molar-refractivity contribution in [2.24, 2.45) is 0 Å². The average Bonchev–Trinajstić information content (AvgIpc) is 2.92. The van der Waals surface area contributed by atoms with Gasteiger partial charge in [-0.3, -0.25) is 0 Å². The van der Waals surface area contributed by atoms with Crippen LogP contribution >= 0.6 is 11.6 Å². The number of hydrogen-bond donors (Lipinski definition) is 3. The van der Waals surface area contributed by atoms with Gasteiger partial charge in [-0.1, -0.05) is 24.9 Å². The summed E-state index contributed by atoms with van der Waals surface area (Å²) in [5.41, 5.74) is 0.102. The van der Waals surface area contributed by atoms with Gasteiger partial charge in [-0.15, -0.1) is 0 Å². The average molecular weight is 302 g/mol. The number of aromatic nitrogens is 2. The first-order valence-electron chi connectivity index (χ1n) is 7.33. The van der Waals surface area contributed by atoms with E-state index in [2.05, 4.69) is 22.2 Å². The van der Waals surface area contributed by atoms with E-state index in [1.807, 2.05) is 6.92 Å². The van der Waals surface area contributed by atoms with Crippen LogP contribution in [-0.2, 0) is 17.7 Å². The number of unbranched alkanes of at least 4 members (excludes halogenated alkanes) is 1. The van der Waals surface area contributed by atoms with Gasteiger partial charge >= 0.3 is 0 Å². The quantitative estimate of drug-likeness (QED) is 0.721. The van der Waals surface area contributed by atoms with Crippen molar-refractivity contribution in [1.82, 2.24) is 15.3 Å². The lowest BCUT2D eigenvalue weighted by Crippen LogP contribution is -2.45. The summed E-state index contributed by atoms with van der Waals surface area (Å²) in [4.78, 5) is 7.56. The summed E-state index contributed by atoms with van der Waals surface area (Å²) in [7, 11) is 0. The molecule has 2 unspecified atom stereocenters. The summed E-state index contributed by atoms with van der Waals surface area (Å²) >= 11 is 6.11. The van der Waals surface area contributed by atoms with Crippen molar-refractivity contribution in [3.05, 3.63) is 16.7 Å². The number of aryl methyl sites for hydroxylation is 1. The molecule has 0 aliphatic carbocycles. The highest BCUT2D eigenvalue weighted by Crippen LogP contribution is 2.25. The number of hydrogen-bond acceptors (Lipinski definition) is 4. The van der Waals surface area contributed by atoms with Crippen molar-refractivity contribution >= 4 is 11.6 Å². The lowest BCUT2D eigenvalue weighted by Gasteiger charge is -2.26. The first-order valence-corrected chi connectivity index (χ1v) is 7.71. The highest BCUT2D eigenvalue weighted by molar-refractivity contribution is 6.30. The molecule has 1 saturated heterocycles. The Morgan fingerprint density at radius 1 is 1.60 bits per heavy atom. The van der Waals surface area contributed by atoms with Crippen LogP contribution in [0.2, 0.25) is 5.15 Å².